The van der Waals surface area contributed by atoms with E-state index in [-0.39, 0.29) is 12.2 Å². The number of methoxy groups -OCH3 is 1. The van der Waals surface area contributed by atoms with Crippen molar-refractivity contribution in [3.8, 4) is 0 Å². The van der Waals surface area contributed by atoms with Crippen LogP contribution in [0.3, 0.4) is 0 Å². The van der Waals surface area contributed by atoms with Gasteiger partial charge in [0.15, 0.2) is 0 Å². The predicted octanol–water partition coefficient (Wildman–Crippen LogP) is 3.28. The van der Waals surface area contributed by atoms with Crippen LogP contribution in [-0.4, -0.2) is 37.2 Å². The smallest absolute Gasteiger partial charge is 0.438 e. The van der Waals surface area contributed by atoms with Crippen LogP contribution in [0, 0.1) is 0 Å². The lowest BCUT2D eigenvalue weighted by Crippen LogP contribution is -2.30. The Morgan fingerprint density at radius 1 is 1.25 bits per heavy atom. The fraction of sp³-hybridized carbons (Fsp3) is 0.529. The Labute approximate surface area is 142 Å². The third-order valence-electron chi connectivity index (χ3n) is 4.41. The second-order valence-corrected chi connectivity index (χ2v) is 6.17. The number of oxime groups is 1. The fourth-order valence-electron chi connectivity index (χ4n) is 2.47. The van der Waals surface area contributed by atoms with Gasteiger partial charge >= 0.3 is 6.09 Å². The summed E-state index contributed by atoms with van der Waals surface area (Å²) in [6.07, 6.45) is -0.620. The maximum atomic E-state index is 11.8. The molecular formula is C17H24N2O5. The van der Waals surface area contributed by atoms with E-state index in [4.69, 9.17) is 19.1 Å². The minimum absolute atomic E-state index is 0.181. The highest BCUT2D eigenvalue weighted by molar-refractivity contribution is 5.93. The summed E-state index contributed by atoms with van der Waals surface area (Å²) >= 11 is 0. The van der Waals surface area contributed by atoms with Gasteiger partial charge in [-0.05, 0) is 33.8 Å². The molecule has 2 rings (SSSR count). The summed E-state index contributed by atoms with van der Waals surface area (Å²) in [5, 5.41) is 5.22. The molecule has 132 valence electrons. The van der Waals surface area contributed by atoms with Crippen molar-refractivity contribution in [2.24, 2.45) is 5.16 Å². The molecule has 1 fully saturated rings. The normalized spacial score (nSPS) is 22.0. The zero-order chi connectivity index (χ0) is 18.0. The number of anilines is 1. The van der Waals surface area contributed by atoms with Crippen molar-refractivity contribution in [3.63, 3.8) is 0 Å². The van der Waals surface area contributed by atoms with Crippen molar-refractivity contribution < 1.29 is 23.9 Å². The molecule has 0 saturated carbocycles. The van der Waals surface area contributed by atoms with Crippen LogP contribution in [0.25, 0.3) is 0 Å². The van der Waals surface area contributed by atoms with Crippen LogP contribution < -0.4 is 5.06 Å². The Bertz CT molecular complexity index is 644. The van der Waals surface area contributed by atoms with E-state index in [9.17, 15) is 4.79 Å². The van der Waals surface area contributed by atoms with Crippen LogP contribution in [0.2, 0.25) is 0 Å². The Morgan fingerprint density at radius 2 is 1.88 bits per heavy atom. The van der Waals surface area contributed by atoms with Gasteiger partial charge in [-0.1, -0.05) is 23.4 Å². The number of hydrogen-bond acceptors (Lipinski definition) is 6. The number of carbonyl (C=O) groups is 1. The second kappa shape index (κ2) is 6.78. The summed E-state index contributed by atoms with van der Waals surface area (Å²) < 4.78 is 10.4. The van der Waals surface area contributed by atoms with Crippen LogP contribution in [0.1, 0.15) is 33.3 Å². The van der Waals surface area contributed by atoms with E-state index in [0.29, 0.717) is 5.69 Å². The second-order valence-electron chi connectivity index (χ2n) is 6.17. The number of benzene rings is 1. The van der Waals surface area contributed by atoms with E-state index in [1.807, 2.05) is 39.8 Å². The van der Waals surface area contributed by atoms with Crippen molar-refractivity contribution in [2.45, 2.75) is 45.5 Å². The SMILES string of the molecule is COC(=O)N(OC)c1ccccc1CO/N=C(\C)C1(C)OC1(C)C. The van der Waals surface area contributed by atoms with Gasteiger partial charge in [0.1, 0.15) is 12.2 Å². The van der Waals surface area contributed by atoms with Crippen LogP contribution in [0.4, 0.5) is 10.5 Å². The summed E-state index contributed by atoms with van der Waals surface area (Å²) in [4.78, 5) is 22.3. The number of nitrogens with zero attached hydrogens (tertiary/aromatic N) is 2. The van der Waals surface area contributed by atoms with Gasteiger partial charge < -0.3 is 14.3 Å². The molecule has 0 bridgehead atoms. The van der Waals surface area contributed by atoms with E-state index in [2.05, 4.69) is 5.16 Å². The number of amides is 1. The van der Waals surface area contributed by atoms with Gasteiger partial charge in [0.25, 0.3) is 0 Å². The maximum Gasteiger partial charge on any atom is 0.438 e. The minimum atomic E-state index is -0.620. The molecule has 0 aromatic heterocycles. The van der Waals surface area contributed by atoms with Crippen molar-refractivity contribution in [1.29, 1.82) is 0 Å². The molecule has 1 atom stereocenters. The van der Waals surface area contributed by atoms with Crippen LogP contribution >= 0.6 is 0 Å². The van der Waals surface area contributed by atoms with E-state index in [1.165, 1.54) is 14.2 Å². The van der Waals surface area contributed by atoms with Crippen LogP contribution in [0.15, 0.2) is 29.4 Å². The molecule has 7 nitrogen and oxygen atoms in total. The molecule has 0 aliphatic carbocycles. The Kier molecular flexibility index (Phi) is 5.15. The first kappa shape index (κ1) is 18.2. The molecule has 0 spiro atoms. The summed E-state index contributed by atoms with van der Waals surface area (Å²) in [5.74, 6) is 0. The number of ether oxygens (including phenoxy) is 2. The summed E-state index contributed by atoms with van der Waals surface area (Å²) in [6, 6.07) is 7.21. The first-order valence-corrected chi connectivity index (χ1v) is 7.64. The van der Waals surface area contributed by atoms with Crippen molar-refractivity contribution >= 4 is 17.5 Å². The van der Waals surface area contributed by atoms with E-state index in [1.54, 1.807) is 12.1 Å². The molecular weight excluding hydrogens is 312 g/mol. The Hall–Kier alpha value is -2.12. The third-order valence-corrected chi connectivity index (χ3v) is 4.41. The number of rotatable bonds is 6. The molecule has 1 unspecified atom stereocenters. The number of carbonyl (C=O) groups excluding carboxylic acids is 1. The zero-order valence-corrected chi connectivity index (χ0v) is 15.0. The summed E-state index contributed by atoms with van der Waals surface area (Å²) in [7, 11) is 2.68. The van der Waals surface area contributed by atoms with E-state index in [0.717, 1.165) is 16.3 Å². The van der Waals surface area contributed by atoms with Gasteiger partial charge in [0, 0.05) is 5.56 Å². The zero-order valence-electron chi connectivity index (χ0n) is 15.0. The Balaban J connectivity index is 2.10. The summed E-state index contributed by atoms with van der Waals surface area (Å²) in [6.45, 7) is 8.05. The molecule has 0 radical (unpaired) electrons. The van der Waals surface area contributed by atoms with Gasteiger partial charge in [-0.15, -0.1) is 0 Å². The highest BCUT2D eigenvalue weighted by atomic mass is 16.7. The lowest BCUT2D eigenvalue weighted by Gasteiger charge is -2.20. The highest BCUT2D eigenvalue weighted by Crippen LogP contribution is 2.48. The quantitative estimate of drug-likeness (QED) is 0.453. The molecule has 0 N–H and O–H groups in total. The lowest BCUT2D eigenvalue weighted by atomic mass is 9.94. The van der Waals surface area contributed by atoms with Gasteiger partial charge in [-0.25, -0.2) is 4.79 Å². The molecule has 24 heavy (non-hydrogen) atoms. The molecule has 1 aliphatic heterocycles. The van der Waals surface area contributed by atoms with Gasteiger partial charge in [0.2, 0.25) is 0 Å². The average Bonchev–Trinajstić information content (AvgIpc) is 3.08. The maximum absolute atomic E-state index is 11.8. The first-order chi connectivity index (χ1) is 11.3. The van der Waals surface area contributed by atoms with Gasteiger partial charge in [-0.3, -0.25) is 4.84 Å². The highest BCUT2D eigenvalue weighted by Gasteiger charge is 2.62. The third kappa shape index (κ3) is 3.37. The largest absolute Gasteiger partial charge is 0.451 e. The van der Waals surface area contributed by atoms with Crippen molar-refractivity contribution in [1.82, 2.24) is 0 Å². The fourth-order valence-corrected chi connectivity index (χ4v) is 2.47. The lowest BCUT2D eigenvalue weighted by molar-refractivity contribution is 0.111. The molecule has 1 aromatic carbocycles. The molecule has 1 amide bonds. The van der Waals surface area contributed by atoms with E-state index < -0.39 is 11.7 Å². The standard InChI is InChI=1S/C17H24N2O5/c1-12(17(4)16(2,3)24-17)18-23-11-13-9-7-8-10-14(13)19(22-6)15(20)21-5/h7-10H,11H2,1-6H3/b18-12+. The average molecular weight is 336 g/mol. The molecule has 7 heteroatoms. The summed E-state index contributed by atoms with van der Waals surface area (Å²) in [5.41, 5.74) is 1.40. The molecule has 1 aliphatic rings. The number of hydroxylamine groups is 1. The van der Waals surface area contributed by atoms with E-state index >= 15 is 0 Å². The first-order valence-electron chi connectivity index (χ1n) is 7.64. The number of hydrogen-bond donors (Lipinski definition) is 0. The number of para-hydroxylation sites is 1. The van der Waals surface area contributed by atoms with Gasteiger partial charge in [0.05, 0.1) is 31.2 Å². The van der Waals surface area contributed by atoms with Gasteiger partial charge in [-0.2, -0.15) is 5.06 Å². The molecule has 1 heterocycles. The minimum Gasteiger partial charge on any atom is -0.451 e. The van der Waals surface area contributed by atoms with Crippen molar-refractivity contribution in [3.05, 3.63) is 29.8 Å². The topological polar surface area (TPSA) is 72.9 Å². The predicted molar refractivity (Wildman–Crippen MR) is 89.8 cm³/mol. The molecule has 1 aromatic rings. The van der Waals surface area contributed by atoms with Crippen LogP contribution in [-0.2, 0) is 25.8 Å². The van der Waals surface area contributed by atoms with Crippen LogP contribution in [0.5, 0.6) is 0 Å². The molecule has 1 saturated heterocycles. The van der Waals surface area contributed by atoms with Crippen molar-refractivity contribution in [2.75, 3.05) is 19.3 Å². The number of epoxide rings is 1. The monoisotopic (exact) mass is 336 g/mol. The Morgan fingerprint density at radius 3 is 2.42 bits per heavy atom.